The van der Waals surface area contributed by atoms with E-state index in [1.807, 2.05) is 65.0 Å². The summed E-state index contributed by atoms with van der Waals surface area (Å²) in [7, 11) is 0. The first-order valence-corrected chi connectivity index (χ1v) is 16.5. The highest BCUT2D eigenvalue weighted by Gasteiger charge is 2.82. The number of benzene rings is 2. The van der Waals surface area contributed by atoms with Gasteiger partial charge in [0.15, 0.2) is 6.10 Å². The van der Waals surface area contributed by atoms with E-state index in [9.17, 15) is 19.2 Å². The Kier molecular flexibility index (Phi) is 9.69. The van der Waals surface area contributed by atoms with Crippen molar-refractivity contribution in [2.24, 2.45) is 23.2 Å². The molecule has 0 radical (unpaired) electrons. The van der Waals surface area contributed by atoms with Crippen LogP contribution in [0.15, 0.2) is 66.7 Å². The minimum Gasteiger partial charge on any atom is -0.459 e. The molecule has 1 spiro atoms. The van der Waals surface area contributed by atoms with Crippen LogP contribution in [-0.2, 0) is 38.1 Å². The molecule has 9 heteroatoms. The van der Waals surface area contributed by atoms with Crippen molar-refractivity contribution in [3.63, 3.8) is 0 Å². The highest BCUT2D eigenvalue weighted by atomic mass is 16.6. The van der Waals surface area contributed by atoms with E-state index in [2.05, 4.69) is 0 Å². The zero-order valence-corrected chi connectivity index (χ0v) is 28.3. The van der Waals surface area contributed by atoms with Gasteiger partial charge in [-0.05, 0) is 69.7 Å². The van der Waals surface area contributed by atoms with E-state index in [-0.39, 0.29) is 5.92 Å². The van der Waals surface area contributed by atoms with E-state index < -0.39 is 76.7 Å². The Hall–Kier alpha value is -3.98. The zero-order valence-electron chi connectivity index (χ0n) is 28.3. The zero-order chi connectivity index (χ0) is 34.1. The summed E-state index contributed by atoms with van der Waals surface area (Å²) in [6, 6.07) is 17.9. The Morgan fingerprint density at radius 3 is 2.15 bits per heavy atom. The highest BCUT2D eigenvalue weighted by molar-refractivity contribution is 5.89. The van der Waals surface area contributed by atoms with Crippen molar-refractivity contribution in [2.45, 2.75) is 103 Å². The average Bonchev–Trinajstić information content (AvgIpc) is 3.25. The van der Waals surface area contributed by atoms with Gasteiger partial charge in [-0.15, -0.1) is 0 Å². The van der Waals surface area contributed by atoms with Crippen LogP contribution < -0.4 is 0 Å². The smallest absolute Gasteiger partial charge is 0.338 e. The van der Waals surface area contributed by atoms with Crippen LogP contribution in [0.2, 0.25) is 0 Å². The number of carbonyl (C=O) groups excluding carboxylic acids is 4. The predicted octanol–water partition coefficient (Wildman–Crippen LogP) is 6.34. The van der Waals surface area contributed by atoms with Crippen LogP contribution >= 0.6 is 0 Å². The van der Waals surface area contributed by atoms with Crippen molar-refractivity contribution in [3.8, 4) is 0 Å². The van der Waals surface area contributed by atoms with Gasteiger partial charge in [0.1, 0.15) is 23.9 Å². The molecule has 0 aromatic heterocycles. The molecule has 1 aliphatic heterocycles. The van der Waals surface area contributed by atoms with E-state index in [0.29, 0.717) is 24.8 Å². The van der Waals surface area contributed by atoms with Crippen molar-refractivity contribution in [1.29, 1.82) is 0 Å². The van der Waals surface area contributed by atoms with Gasteiger partial charge in [0.25, 0.3) is 0 Å². The van der Waals surface area contributed by atoms with Gasteiger partial charge in [-0.1, -0.05) is 69.3 Å². The van der Waals surface area contributed by atoms with E-state index in [1.54, 1.807) is 43.3 Å². The van der Waals surface area contributed by atoms with Crippen LogP contribution in [0.4, 0.5) is 0 Å². The van der Waals surface area contributed by atoms with E-state index in [1.165, 1.54) is 13.0 Å². The molecule has 0 N–H and O–H groups in total. The third-order valence-corrected chi connectivity index (χ3v) is 10.6. The number of rotatable bonds is 9. The van der Waals surface area contributed by atoms with Crippen LogP contribution in [0, 0.1) is 23.2 Å². The number of hydrogen-bond donors (Lipinski definition) is 0. The van der Waals surface area contributed by atoms with Crippen molar-refractivity contribution in [1.82, 2.24) is 0 Å². The lowest BCUT2D eigenvalue weighted by Gasteiger charge is -2.62. The van der Waals surface area contributed by atoms with E-state index in [0.717, 1.165) is 5.56 Å². The molecule has 2 aromatic rings. The Morgan fingerprint density at radius 2 is 1.53 bits per heavy atom. The Morgan fingerprint density at radius 1 is 0.894 bits per heavy atom. The molecule has 1 saturated heterocycles. The maximum atomic E-state index is 13.9. The van der Waals surface area contributed by atoms with Crippen LogP contribution in [-0.4, -0.2) is 59.5 Å². The number of hydrogen-bond acceptors (Lipinski definition) is 9. The summed E-state index contributed by atoms with van der Waals surface area (Å²) in [5.41, 5.74) is -2.44. The molecule has 252 valence electrons. The fourth-order valence-corrected chi connectivity index (χ4v) is 8.12. The number of ether oxygens (including phenoxy) is 5. The lowest BCUT2D eigenvalue weighted by molar-refractivity contribution is -0.299. The molecule has 2 aromatic carbocycles. The second-order valence-corrected chi connectivity index (χ2v) is 13.9. The molecule has 1 heterocycles. The van der Waals surface area contributed by atoms with Gasteiger partial charge in [-0.3, -0.25) is 9.59 Å². The van der Waals surface area contributed by atoms with E-state index >= 15 is 0 Å². The van der Waals surface area contributed by atoms with Crippen molar-refractivity contribution >= 4 is 30.0 Å². The summed E-state index contributed by atoms with van der Waals surface area (Å²) in [6.45, 7) is 12.6. The topological polar surface area (TPSA) is 114 Å². The molecule has 9 atom stereocenters. The third kappa shape index (κ3) is 6.10. The fraction of sp³-hybridized carbons (Fsp3) is 0.526. The summed E-state index contributed by atoms with van der Waals surface area (Å²) in [5.74, 6) is -3.56. The van der Waals surface area contributed by atoms with Gasteiger partial charge in [0.2, 0.25) is 0 Å². The van der Waals surface area contributed by atoms with Crippen LogP contribution in [0.3, 0.4) is 0 Å². The molecule has 9 nitrogen and oxygen atoms in total. The monoisotopic (exact) mass is 646 g/mol. The third-order valence-electron chi connectivity index (χ3n) is 10.6. The summed E-state index contributed by atoms with van der Waals surface area (Å²) < 4.78 is 32.3. The molecule has 0 amide bonds. The van der Waals surface area contributed by atoms with Crippen LogP contribution in [0.5, 0.6) is 0 Å². The minimum atomic E-state index is -1.32. The molecule has 0 unspecified atom stereocenters. The Labute approximate surface area is 276 Å². The maximum absolute atomic E-state index is 13.9. The Balaban J connectivity index is 1.67. The molecule has 3 fully saturated rings. The lowest BCUT2D eigenvalue weighted by atomic mass is 9.48. The maximum Gasteiger partial charge on any atom is 0.338 e. The molecular weight excluding hydrogens is 600 g/mol. The van der Waals surface area contributed by atoms with Gasteiger partial charge >= 0.3 is 23.9 Å². The SMILES string of the molecule is CC[C@@H](C)C(=O)O[C@@H]1[C@@H]2[C@@H](OC(C)=O)[C@]3(OC2(C)C)[C@H](C)CC[C@H](OC(=O)C=Cc2ccccc2)[C@@]3(C)[C@@H]1OC(=O)c1ccccc1. The highest BCUT2D eigenvalue weighted by Crippen LogP contribution is 2.68. The first-order valence-electron chi connectivity index (χ1n) is 16.5. The van der Waals surface area contributed by atoms with Crippen molar-refractivity contribution in [3.05, 3.63) is 77.9 Å². The fourth-order valence-electron chi connectivity index (χ4n) is 8.12. The Bertz CT molecular complexity index is 1500. The van der Waals surface area contributed by atoms with Crippen LogP contribution in [0.25, 0.3) is 6.08 Å². The van der Waals surface area contributed by atoms with Crippen molar-refractivity contribution < 1.29 is 42.9 Å². The number of carbonyl (C=O) groups is 4. The second-order valence-electron chi connectivity index (χ2n) is 13.9. The number of fused-ring (bicyclic) bond motifs is 1. The average molecular weight is 647 g/mol. The van der Waals surface area contributed by atoms with E-state index in [4.69, 9.17) is 23.7 Å². The standard InChI is InChI=1S/C38H46O9/c1-8-23(2)34(41)45-31-30-32(43-25(4)39)38(47-36(30,5)6)24(3)19-21-28(44-29(40)22-20-26-15-11-9-12-16-26)37(38,7)33(31)46-35(42)27-17-13-10-14-18-27/h9-18,20,22-24,28,30-33H,8,19,21H2,1-7H3/t23-,24-,28+,30-,31-,32-,33-,37+,38-/m1/s1. The molecule has 2 saturated carbocycles. The van der Waals surface area contributed by atoms with Gasteiger partial charge in [-0.25, -0.2) is 9.59 Å². The summed E-state index contributed by atoms with van der Waals surface area (Å²) >= 11 is 0. The second kappa shape index (κ2) is 13.3. The molecule has 2 bridgehead atoms. The van der Waals surface area contributed by atoms with Crippen molar-refractivity contribution in [2.75, 3.05) is 0 Å². The molecule has 2 aliphatic carbocycles. The summed E-state index contributed by atoms with van der Waals surface area (Å²) in [5, 5.41) is 0. The normalized spacial score (nSPS) is 32.9. The largest absolute Gasteiger partial charge is 0.459 e. The number of esters is 4. The van der Waals surface area contributed by atoms with Gasteiger partial charge in [0, 0.05) is 13.0 Å². The summed E-state index contributed by atoms with van der Waals surface area (Å²) in [6.07, 6.45) is 0.591. The first-order chi connectivity index (χ1) is 22.3. The predicted molar refractivity (Wildman–Crippen MR) is 174 cm³/mol. The van der Waals surface area contributed by atoms with Gasteiger partial charge < -0.3 is 23.7 Å². The molecule has 47 heavy (non-hydrogen) atoms. The lowest BCUT2D eigenvalue weighted by Crippen LogP contribution is -2.76. The van der Waals surface area contributed by atoms with Gasteiger partial charge in [-0.2, -0.15) is 0 Å². The summed E-state index contributed by atoms with van der Waals surface area (Å²) in [4.78, 5) is 53.7. The minimum absolute atomic E-state index is 0.222. The quantitative estimate of drug-likeness (QED) is 0.175. The first kappa shape index (κ1) is 34.4. The molecular formula is C38H46O9. The van der Waals surface area contributed by atoms with Crippen LogP contribution in [0.1, 0.15) is 83.7 Å². The molecule has 5 rings (SSSR count). The molecule has 3 aliphatic rings. The van der Waals surface area contributed by atoms with Gasteiger partial charge in [0.05, 0.1) is 28.4 Å².